The van der Waals surface area contributed by atoms with Gasteiger partial charge in [0.25, 0.3) is 0 Å². The maximum absolute atomic E-state index is 2.46. The molecule has 0 aromatic heterocycles. The van der Waals surface area contributed by atoms with E-state index in [1.54, 1.807) is 0 Å². The second-order valence-electron chi connectivity index (χ2n) is 3.79. The fourth-order valence-electron chi connectivity index (χ4n) is 0.999. The molecule has 0 spiro atoms. The zero-order chi connectivity index (χ0) is 8.69. The minimum atomic E-state index is 0.888. The van der Waals surface area contributed by atoms with Crippen molar-refractivity contribution in [3.63, 3.8) is 0 Å². The molecule has 0 N–H and O–H groups in total. The van der Waals surface area contributed by atoms with Crippen LogP contribution in [-0.2, 0) is 0 Å². The Balaban J connectivity index is 3.13. The zero-order valence-electron chi connectivity index (χ0n) is 8.56. The molecule has 0 fully saturated rings. The molecule has 0 heteroatoms. The van der Waals surface area contributed by atoms with Gasteiger partial charge in [-0.25, -0.2) is 0 Å². The van der Waals surface area contributed by atoms with Crippen molar-refractivity contribution in [1.29, 1.82) is 0 Å². The van der Waals surface area contributed by atoms with Gasteiger partial charge >= 0.3 is 0 Å². The monoisotopic (exact) mass is 155 g/mol. The van der Waals surface area contributed by atoms with E-state index in [9.17, 15) is 0 Å². The Bertz CT molecular complexity index is 66.1. The molecule has 0 aliphatic heterocycles. The van der Waals surface area contributed by atoms with Gasteiger partial charge in [0.05, 0.1) is 0 Å². The van der Waals surface area contributed by atoms with Gasteiger partial charge in [0.1, 0.15) is 0 Å². The molecule has 0 heterocycles. The molecule has 11 heavy (non-hydrogen) atoms. The van der Waals surface area contributed by atoms with Crippen LogP contribution in [0.1, 0.15) is 53.4 Å². The SMILES string of the molecule is CCC(C)C[CH]CC(C)CC. The van der Waals surface area contributed by atoms with E-state index in [4.69, 9.17) is 0 Å². The van der Waals surface area contributed by atoms with E-state index in [1.807, 2.05) is 0 Å². The van der Waals surface area contributed by atoms with Crippen molar-refractivity contribution in [2.24, 2.45) is 11.8 Å². The first kappa shape index (κ1) is 11.0. The van der Waals surface area contributed by atoms with Gasteiger partial charge in [-0.15, -0.1) is 0 Å². The Morgan fingerprint density at radius 2 is 1.27 bits per heavy atom. The molecule has 67 valence electrons. The summed E-state index contributed by atoms with van der Waals surface area (Å²) < 4.78 is 0. The van der Waals surface area contributed by atoms with Gasteiger partial charge in [-0.3, -0.25) is 0 Å². The van der Waals surface area contributed by atoms with Crippen molar-refractivity contribution in [2.45, 2.75) is 53.4 Å². The quantitative estimate of drug-likeness (QED) is 0.542. The van der Waals surface area contributed by atoms with Crippen molar-refractivity contribution in [1.82, 2.24) is 0 Å². The molecule has 0 bridgehead atoms. The predicted molar refractivity (Wildman–Crippen MR) is 52.4 cm³/mol. The molecule has 0 saturated heterocycles. The van der Waals surface area contributed by atoms with E-state index in [-0.39, 0.29) is 0 Å². The van der Waals surface area contributed by atoms with Gasteiger partial charge in [-0.05, 0) is 31.1 Å². The number of rotatable bonds is 6. The Hall–Kier alpha value is 0. The predicted octanol–water partition coefficient (Wildman–Crippen LogP) is 4.06. The van der Waals surface area contributed by atoms with Crippen LogP contribution in [0.5, 0.6) is 0 Å². The summed E-state index contributed by atoms with van der Waals surface area (Å²) in [7, 11) is 0. The van der Waals surface area contributed by atoms with E-state index in [1.165, 1.54) is 25.7 Å². The summed E-state index contributed by atoms with van der Waals surface area (Å²) in [6.07, 6.45) is 7.71. The second kappa shape index (κ2) is 6.69. The van der Waals surface area contributed by atoms with Crippen LogP contribution in [0.4, 0.5) is 0 Å². The maximum Gasteiger partial charge on any atom is -0.0381 e. The zero-order valence-corrected chi connectivity index (χ0v) is 8.56. The lowest BCUT2D eigenvalue weighted by Crippen LogP contribution is -1.97. The van der Waals surface area contributed by atoms with Crippen LogP contribution < -0.4 is 0 Å². The molecule has 0 rings (SSSR count). The molecule has 0 aliphatic carbocycles. The average molecular weight is 155 g/mol. The van der Waals surface area contributed by atoms with E-state index >= 15 is 0 Å². The molecule has 2 unspecified atom stereocenters. The van der Waals surface area contributed by atoms with Crippen molar-refractivity contribution in [2.75, 3.05) is 0 Å². The standard InChI is InChI=1S/C11H23/c1-5-10(3)8-7-9-11(4)6-2/h7,10-11H,5-6,8-9H2,1-4H3. The van der Waals surface area contributed by atoms with Gasteiger partial charge < -0.3 is 0 Å². The molecule has 1 radical (unpaired) electrons. The van der Waals surface area contributed by atoms with Crippen molar-refractivity contribution < 1.29 is 0 Å². The second-order valence-corrected chi connectivity index (χ2v) is 3.79. The summed E-state index contributed by atoms with van der Waals surface area (Å²) in [5.74, 6) is 1.78. The largest absolute Gasteiger partial charge is 0.0651 e. The van der Waals surface area contributed by atoms with Gasteiger partial charge in [-0.2, -0.15) is 0 Å². The topological polar surface area (TPSA) is 0 Å². The summed E-state index contributed by atoms with van der Waals surface area (Å²) in [4.78, 5) is 0. The lowest BCUT2D eigenvalue weighted by atomic mass is 9.96. The molecule has 0 aromatic rings. The minimum Gasteiger partial charge on any atom is -0.0651 e. The summed E-state index contributed by atoms with van der Waals surface area (Å²) in [6, 6.07) is 0. The van der Waals surface area contributed by atoms with Gasteiger partial charge in [0.15, 0.2) is 0 Å². The highest BCUT2D eigenvalue weighted by Gasteiger charge is 2.01. The Morgan fingerprint density at radius 3 is 1.55 bits per heavy atom. The Morgan fingerprint density at radius 1 is 0.909 bits per heavy atom. The van der Waals surface area contributed by atoms with E-state index in [0.717, 1.165) is 11.8 Å². The third-order valence-corrected chi connectivity index (χ3v) is 2.53. The minimum absolute atomic E-state index is 0.888. The van der Waals surface area contributed by atoms with Crippen LogP contribution in [0.2, 0.25) is 0 Å². The van der Waals surface area contributed by atoms with Crippen molar-refractivity contribution >= 4 is 0 Å². The maximum atomic E-state index is 2.46. The van der Waals surface area contributed by atoms with Crippen LogP contribution in [0, 0.1) is 18.3 Å². The van der Waals surface area contributed by atoms with Gasteiger partial charge in [-0.1, -0.05) is 40.5 Å². The Kier molecular flexibility index (Phi) is 6.69. The summed E-state index contributed by atoms with van der Waals surface area (Å²) >= 11 is 0. The summed E-state index contributed by atoms with van der Waals surface area (Å²) in [5.41, 5.74) is 0. The average Bonchev–Trinajstić information content (AvgIpc) is 2.04. The molecular weight excluding hydrogens is 132 g/mol. The highest BCUT2D eigenvalue weighted by molar-refractivity contribution is 4.70. The fourth-order valence-corrected chi connectivity index (χ4v) is 0.999. The smallest absolute Gasteiger partial charge is 0.0381 e. The van der Waals surface area contributed by atoms with Crippen LogP contribution in [0.15, 0.2) is 0 Å². The summed E-state index contributed by atoms with van der Waals surface area (Å²) in [6.45, 7) is 9.18. The van der Waals surface area contributed by atoms with E-state index < -0.39 is 0 Å². The molecule has 0 saturated carbocycles. The molecule has 2 atom stereocenters. The van der Waals surface area contributed by atoms with E-state index in [0.29, 0.717) is 0 Å². The lowest BCUT2D eigenvalue weighted by molar-refractivity contribution is 0.495. The fraction of sp³-hybridized carbons (Fsp3) is 0.909. The lowest BCUT2D eigenvalue weighted by Gasteiger charge is -2.10. The highest BCUT2D eigenvalue weighted by atomic mass is 14.1. The van der Waals surface area contributed by atoms with Crippen molar-refractivity contribution in [3.05, 3.63) is 6.42 Å². The first-order chi connectivity index (χ1) is 5.20. The third-order valence-electron chi connectivity index (χ3n) is 2.53. The third kappa shape index (κ3) is 6.40. The van der Waals surface area contributed by atoms with Crippen LogP contribution in [0.3, 0.4) is 0 Å². The van der Waals surface area contributed by atoms with Crippen LogP contribution in [0.25, 0.3) is 0 Å². The molecule has 0 aromatic carbocycles. The van der Waals surface area contributed by atoms with E-state index in [2.05, 4.69) is 34.1 Å². The molecule has 0 amide bonds. The molecule has 0 nitrogen and oxygen atoms in total. The summed E-state index contributed by atoms with van der Waals surface area (Å²) in [5, 5.41) is 0. The number of hydrogen-bond donors (Lipinski definition) is 0. The first-order valence-electron chi connectivity index (χ1n) is 5.02. The van der Waals surface area contributed by atoms with Gasteiger partial charge in [0.2, 0.25) is 0 Å². The van der Waals surface area contributed by atoms with Crippen LogP contribution >= 0.6 is 0 Å². The molecule has 0 aliphatic rings. The molecular formula is C11H23. The van der Waals surface area contributed by atoms with Crippen LogP contribution in [-0.4, -0.2) is 0 Å². The normalized spacial score (nSPS) is 16.4. The Labute approximate surface area is 72.4 Å². The van der Waals surface area contributed by atoms with Gasteiger partial charge in [0, 0.05) is 0 Å². The van der Waals surface area contributed by atoms with Crippen molar-refractivity contribution in [3.8, 4) is 0 Å². The number of hydrogen-bond acceptors (Lipinski definition) is 0. The highest BCUT2D eigenvalue weighted by Crippen LogP contribution is 2.15. The first-order valence-corrected chi connectivity index (χ1v) is 5.02.